The van der Waals surface area contributed by atoms with E-state index in [9.17, 15) is 0 Å². The van der Waals surface area contributed by atoms with Gasteiger partial charge in [0.2, 0.25) is 0 Å². The largest absolute Gasteiger partial charge is 0.446 e. The minimum absolute atomic E-state index is 0.588. The molecular weight excluding hydrogens is 424 g/mol. The van der Waals surface area contributed by atoms with E-state index in [4.69, 9.17) is 4.42 Å². The third kappa shape index (κ3) is 3.60. The van der Waals surface area contributed by atoms with Crippen LogP contribution in [0, 0.1) is 13.8 Å². The van der Waals surface area contributed by atoms with E-state index in [2.05, 4.69) is 61.2 Å². The highest BCUT2D eigenvalue weighted by Gasteiger charge is 2.23. The number of nitrogens with one attached hydrogen (secondary N) is 2. The maximum absolute atomic E-state index is 5.61. The van der Waals surface area contributed by atoms with Gasteiger partial charge in [-0.2, -0.15) is 5.10 Å². The predicted octanol–water partition coefficient (Wildman–Crippen LogP) is 5.65. The predicted molar refractivity (Wildman–Crippen MR) is 134 cm³/mol. The number of nitrogens with zero attached hydrogens (tertiary/aromatic N) is 4. The molecule has 0 aliphatic carbocycles. The van der Waals surface area contributed by atoms with Gasteiger partial charge in [-0.05, 0) is 74.5 Å². The third-order valence-corrected chi connectivity index (χ3v) is 7.34. The first-order chi connectivity index (χ1) is 16.6. The summed E-state index contributed by atoms with van der Waals surface area (Å²) in [4.78, 5) is 15.2. The Morgan fingerprint density at radius 3 is 2.74 bits per heavy atom. The number of likely N-dealkylation sites (tertiary alicyclic amines) is 1. The van der Waals surface area contributed by atoms with Crippen LogP contribution in [0.3, 0.4) is 0 Å². The van der Waals surface area contributed by atoms with E-state index in [1.54, 1.807) is 0 Å². The molecule has 2 N–H and O–H groups in total. The Balaban J connectivity index is 1.26. The van der Waals surface area contributed by atoms with Crippen molar-refractivity contribution in [2.75, 3.05) is 13.1 Å². The molecule has 5 heterocycles. The minimum atomic E-state index is 0.588. The number of aromatic nitrogens is 5. The molecule has 1 aromatic carbocycles. The van der Waals surface area contributed by atoms with Gasteiger partial charge in [0.15, 0.2) is 11.5 Å². The lowest BCUT2D eigenvalue weighted by molar-refractivity contribution is 0.202. The first-order valence-corrected chi connectivity index (χ1v) is 12.2. The van der Waals surface area contributed by atoms with Crippen LogP contribution >= 0.6 is 0 Å². The SMILES string of the molecule is CCc1c(-c2ccnc3[nH]ncc23)[nH]c2ccc(C3CCN(Cc4nc(C)oc4C)CC3)cc12. The van der Waals surface area contributed by atoms with Crippen molar-refractivity contribution in [3.63, 3.8) is 0 Å². The lowest BCUT2D eigenvalue weighted by atomic mass is 9.88. The third-order valence-electron chi connectivity index (χ3n) is 7.34. The minimum Gasteiger partial charge on any atom is -0.446 e. The first kappa shape index (κ1) is 21.1. The van der Waals surface area contributed by atoms with Crippen LogP contribution in [-0.2, 0) is 13.0 Å². The van der Waals surface area contributed by atoms with Gasteiger partial charge < -0.3 is 9.40 Å². The van der Waals surface area contributed by atoms with Gasteiger partial charge in [-0.15, -0.1) is 0 Å². The van der Waals surface area contributed by atoms with Crippen molar-refractivity contribution in [3.05, 3.63) is 65.1 Å². The number of H-pyrrole nitrogens is 2. The van der Waals surface area contributed by atoms with Gasteiger partial charge in [-0.3, -0.25) is 10.00 Å². The number of aryl methyl sites for hydroxylation is 3. The quantitative estimate of drug-likeness (QED) is 0.358. The number of aromatic amines is 2. The van der Waals surface area contributed by atoms with E-state index in [0.717, 1.165) is 60.0 Å². The zero-order valence-electron chi connectivity index (χ0n) is 20.0. The summed E-state index contributed by atoms with van der Waals surface area (Å²) >= 11 is 0. The summed E-state index contributed by atoms with van der Waals surface area (Å²) in [5.41, 5.74) is 8.23. The molecule has 0 amide bonds. The lowest BCUT2D eigenvalue weighted by Crippen LogP contribution is -2.32. The topological polar surface area (TPSA) is 86.6 Å². The number of hydrogen-bond donors (Lipinski definition) is 2. The molecule has 1 aliphatic rings. The van der Waals surface area contributed by atoms with Crippen LogP contribution in [0.2, 0.25) is 0 Å². The maximum atomic E-state index is 5.61. The van der Waals surface area contributed by atoms with Gasteiger partial charge in [0, 0.05) is 41.5 Å². The smallest absolute Gasteiger partial charge is 0.191 e. The lowest BCUT2D eigenvalue weighted by Gasteiger charge is -2.31. The van der Waals surface area contributed by atoms with Gasteiger partial charge in [-0.25, -0.2) is 9.97 Å². The summed E-state index contributed by atoms with van der Waals surface area (Å²) in [7, 11) is 0. The number of fused-ring (bicyclic) bond motifs is 2. The Bertz CT molecular complexity index is 1470. The van der Waals surface area contributed by atoms with Crippen molar-refractivity contribution < 1.29 is 4.42 Å². The molecule has 0 radical (unpaired) electrons. The summed E-state index contributed by atoms with van der Waals surface area (Å²) in [5, 5.41) is 9.57. The molecule has 34 heavy (non-hydrogen) atoms. The van der Waals surface area contributed by atoms with Crippen LogP contribution in [0.4, 0.5) is 0 Å². The number of rotatable bonds is 5. The molecule has 0 saturated carbocycles. The van der Waals surface area contributed by atoms with Crippen molar-refractivity contribution in [2.45, 2.75) is 52.5 Å². The summed E-state index contributed by atoms with van der Waals surface area (Å²) in [5.74, 6) is 2.29. The van der Waals surface area contributed by atoms with Crippen molar-refractivity contribution in [3.8, 4) is 11.3 Å². The van der Waals surface area contributed by atoms with Crippen LogP contribution in [-0.4, -0.2) is 43.1 Å². The second kappa shape index (κ2) is 8.40. The van der Waals surface area contributed by atoms with Crippen LogP contribution in [0.25, 0.3) is 33.2 Å². The van der Waals surface area contributed by atoms with E-state index in [1.165, 1.54) is 40.6 Å². The number of pyridine rings is 1. The average Bonchev–Trinajstić information content (AvgIpc) is 3.55. The Hall–Kier alpha value is -3.45. The highest BCUT2D eigenvalue weighted by molar-refractivity contribution is 5.98. The standard InChI is InChI=1S/C27H30N6O/c1-4-20-22-13-19(18-8-11-33(12-9-18)15-25-16(2)34-17(3)30-25)5-6-24(22)31-26(20)21-7-10-28-27-23(21)14-29-32-27/h5-7,10,13-14,18,31H,4,8-9,11-12,15H2,1-3H3,(H,28,29,32). The van der Waals surface area contributed by atoms with Crippen LogP contribution in [0.15, 0.2) is 41.1 Å². The fraction of sp³-hybridized carbons (Fsp3) is 0.370. The van der Waals surface area contributed by atoms with Gasteiger partial charge >= 0.3 is 0 Å². The van der Waals surface area contributed by atoms with Gasteiger partial charge in [0.05, 0.1) is 17.6 Å². The molecule has 1 fully saturated rings. The summed E-state index contributed by atoms with van der Waals surface area (Å²) < 4.78 is 5.61. The van der Waals surface area contributed by atoms with Crippen molar-refractivity contribution in [2.24, 2.45) is 0 Å². The molecule has 7 heteroatoms. The highest BCUT2D eigenvalue weighted by Crippen LogP contribution is 2.37. The zero-order chi connectivity index (χ0) is 23.2. The normalized spacial score (nSPS) is 15.6. The molecule has 1 saturated heterocycles. The van der Waals surface area contributed by atoms with Crippen molar-refractivity contribution >= 4 is 21.9 Å². The second-order valence-corrected chi connectivity index (χ2v) is 9.41. The van der Waals surface area contributed by atoms with Gasteiger partial charge in [-0.1, -0.05) is 13.0 Å². The number of piperidine rings is 1. The molecule has 0 atom stereocenters. The molecule has 5 aromatic rings. The number of hydrogen-bond acceptors (Lipinski definition) is 5. The molecule has 0 spiro atoms. The highest BCUT2D eigenvalue weighted by atomic mass is 16.4. The molecule has 0 unspecified atom stereocenters. The Kier molecular flexibility index (Phi) is 5.21. The van der Waals surface area contributed by atoms with E-state index < -0.39 is 0 Å². The van der Waals surface area contributed by atoms with Crippen LogP contribution < -0.4 is 0 Å². The summed E-state index contributed by atoms with van der Waals surface area (Å²) in [6.45, 7) is 9.22. The van der Waals surface area contributed by atoms with E-state index in [1.807, 2.05) is 26.2 Å². The Labute approximate surface area is 198 Å². The average molecular weight is 455 g/mol. The molecule has 4 aromatic heterocycles. The fourth-order valence-electron chi connectivity index (χ4n) is 5.54. The monoisotopic (exact) mass is 454 g/mol. The Morgan fingerprint density at radius 1 is 1.12 bits per heavy atom. The fourth-order valence-corrected chi connectivity index (χ4v) is 5.54. The van der Waals surface area contributed by atoms with Crippen molar-refractivity contribution in [1.82, 2.24) is 30.0 Å². The molecule has 1 aliphatic heterocycles. The number of oxazole rings is 1. The van der Waals surface area contributed by atoms with Crippen LogP contribution in [0.1, 0.15) is 54.2 Å². The maximum Gasteiger partial charge on any atom is 0.191 e. The van der Waals surface area contributed by atoms with Gasteiger partial charge in [0.25, 0.3) is 0 Å². The molecule has 7 nitrogen and oxygen atoms in total. The number of benzene rings is 1. The summed E-state index contributed by atoms with van der Waals surface area (Å²) in [6.07, 6.45) is 7.02. The summed E-state index contributed by atoms with van der Waals surface area (Å²) in [6, 6.07) is 9.08. The first-order valence-electron chi connectivity index (χ1n) is 12.2. The molecule has 6 rings (SSSR count). The van der Waals surface area contributed by atoms with Crippen molar-refractivity contribution in [1.29, 1.82) is 0 Å². The van der Waals surface area contributed by atoms with Crippen LogP contribution in [0.5, 0.6) is 0 Å². The van der Waals surface area contributed by atoms with Gasteiger partial charge in [0.1, 0.15) is 5.76 Å². The van der Waals surface area contributed by atoms with E-state index >= 15 is 0 Å². The molecular formula is C27H30N6O. The zero-order valence-corrected chi connectivity index (χ0v) is 20.0. The second-order valence-electron chi connectivity index (χ2n) is 9.41. The van der Waals surface area contributed by atoms with E-state index in [-0.39, 0.29) is 0 Å². The molecule has 0 bridgehead atoms. The molecule has 174 valence electrons. The van der Waals surface area contributed by atoms with E-state index in [0.29, 0.717) is 5.92 Å². The Morgan fingerprint density at radius 2 is 1.97 bits per heavy atom.